The first kappa shape index (κ1) is 23.7. The smallest absolute Gasteiger partial charge is 0.243 e. The lowest BCUT2D eigenvalue weighted by molar-refractivity contribution is -0.141. The van der Waals surface area contributed by atoms with Crippen molar-refractivity contribution in [3.63, 3.8) is 0 Å². The molecule has 2 aromatic carbocycles. The molecule has 0 radical (unpaired) electrons. The average molecular weight is 431 g/mol. The van der Waals surface area contributed by atoms with E-state index in [9.17, 15) is 9.59 Å². The van der Waals surface area contributed by atoms with Crippen molar-refractivity contribution in [1.82, 2.24) is 10.2 Å². The molecule has 6 heteroatoms. The number of benzene rings is 2. The van der Waals surface area contributed by atoms with Gasteiger partial charge in [-0.2, -0.15) is 0 Å². The van der Waals surface area contributed by atoms with Crippen LogP contribution >= 0.6 is 11.6 Å². The molecule has 0 spiro atoms. The van der Waals surface area contributed by atoms with Crippen molar-refractivity contribution in [3.8, 4) is 5.75 Å². The van der Waals surface area contributed by atoms with Crippen LogP contribution in [0.3, 0.4) is 0 Å². The maximum absolute atomic E-state index is 13.3. The molecule has 0 aliphatic heterocycles. The number of methoxy groups -OCH3 is 1. The average Bonchev–Trinajstić information content (AvgIpc) is 2.75. The van der Waals surface area contributed by atoms with Crippen LogP contribution in [-0.4, -0.2) is 35.9 Å². The third-order valence-electron chi connectivity index (χ3n) is 5.20. The number of amides is 2. The van der Waals surface area contributed by atoms with E-state index in [0.29, 0.717) is 11.4 Å². The van der Waals surface area contributed by atoms with Gasteiger partial charge >= 0.3 is 0 Å². The van der Waals surface area contributed by atoms with Gasteiger partial charge in [-0.25, -0.2) is 0 Å². The molecular weight excluding hydrogens is 400 g/mol. The highest BCUT2D eigenvalue weighted by Gasteiger charge is 2.29. The van der Waals surface area contributed by atoms with E-state index in [2.05, 4.69) is 5.32 Å². The topological polar surface area (TPSA) is 58.6 Å². The van der Waals surface area contributed by atoms with Gasteiger partial charge in [0.05, 0.1) is 13.5 Å². The van der Waals surface area contributed by atoms with Crippen LogP contribution < -0.4 is 10.1 Å². The minimum atomic E-state index is -0.568. The normalized spacial score (nSPS) is 12.7. The molecule has 2 atom stereocenters. The van der Waals surface area contributed by atoms with Gasteiger partial charge in [-0.1, -0.05) is 55.8 Å². The summed E-state index contributed by atoms with van der Waals surface area (Å²) in [4.78, 5) is 27.9. The number of hydrogen-bond donors (Lipinski definition) is 1. The zero-order chi connectivity index (χ0) is 22.1. The second-order valence-corrected chi connectivity index (χ2v) is 7.79. The summed E-state index contributed by atoms with van der Waals surface area (Å²) in [6, 6.07) is 14.3. The Morgan fingerprint density at radius 2 is 1.73 bits per heavy atom. The molecule has 30 heavy (non-hydrogen) atoms. The molecule has 0 saturated carbocycles. The maximum atomic E-state index is 13.3. The fourth-order valence-corrected chi connectivity index (χ4v) is 3.39. The second-order valence-electron chi connectivity index (χ2n) is 7.38. The Morgan fingerprint density at radius 3 is 2.30 bits per heavy atom. The summed E-state index contributed by atoms with van der Waals surface area (Å²) in [5.41, 5.74) is 1.68. The number of rotatable bonds is 10. The predicted molar refractivity (Wildman–Crippen MR) is 121 cm³/mol. The van der Waals surface area contributed by atoms with E-state index in [4.69, 9.17) is 16.3 Å². The second kappa shape index (κ2) is 11.6. The predicted octanol–water partition coefficient (Wildman–Crippen LogP) is 4.61. The van der Waals surface area contributed by atoms with E-state index in [1.807, 2.05) is 63.2 Å². The zero-order valence-corrected chi connectivity index (χ0v) is 18.9. The summed E-state index contributed by atoms with van der Waals surface area (Å²) in [5.74, 6) is 0.478. The molecule has 2 amide bonds. The van der Waals surface area contributed by atoms with Crippen molar-refractivity contribution in [3.05, 3.63) is 64.7 Å². The Labute approximate surface area is 184 Å². The van der Waals surface area contributed by atoms with Gasteiger partial charge in [-0.05, 0) is 49.1 Å². The quantitative estimate of drug-likeness (QED) is 0.598. The van der Waals surface area contributed by atoms with Gasteiger partial charge in [0.15, 0.2) is 0 Å². The van der Waals surface area contributed by atoms with E-state index >= 15 is 0 Å². The van der Waals surface area contributed by atoms with Crippen molar-refractivity contribution in [1.29, 1.82) is 0 Å². The fourth-order valence-electron chi connectivity index (χ4n) is 3.19. The number of nitrogens with one attached hydrogen (secondary N) is 1. The van der Waals surface area contributed by atoms with E-state index in [0.717, 1.165) is 23.3 Å². The highest BCUT2D eigenvalue weighted by molar-refractivity contribution is 6.31. The molecule has 5 nitrogen and oxygen atoms in total. The molecule has 1 N–H and O–H groups in total. The molecule has 0 unspecified atom stereocenters. The van der Waals surface area contributed by atoms with Crippen molar-refractivity contribution in [2.75, 3.05) is 7.11 Å². The van der Waals surface area contributed by atoms with Crippen LogP contribution in [0.25, 0.3) is 0 Å². The largest absolute Gasteiger partial charge is 0.497 e. The van der Waals surface area contributed by atoms with Gasteiger partial charge in [-0.15, -0.1) is 0 Å². The number of hydrogen-bond acceptors (Lipinski definition) is 3. The maximum Gasteiger partial charge on any atom is 0.243 e. The minimum Gasteiger partial charge on any atom is -0.497 e. The van der Waals surface area contributed by atoms with E-state index < -0.39 is 6.04 Å². The monoisotopic (exact) mass is 430 g/mol. The standard InChI is InChI=1S/C24H31ClN2O3/c1-5-17(3)26-24(29)22(6-2)27(16-19-9-7-8-10-21(19)25)23(28)15-18-11-13-20(30-4)14-12-18/h7-14,17,22H,5-6,15-16H2,1-4H3,(H,26,29)/t17-,22+/m0/s1. The van der Waals surface area contributed by atoms with Gasteiger partial charge in [0, 0.05) is 17.6 Å². The SMILES string of the molecule is CC[C@H](C(=O)N[C@@H](C)CC)N(Cc1ccccc1Cl)C(=O)Cc1ccc(OC)cc1. The number of ether oxygens (including phenoxy) is 1. The molecule has 0 aliphatic carbocycles. The highest BCUT2D eigenvalue weighted by Crippen LogP contribution is 2.21. The first-order chi connectivity index (χ1) is 14.4. The summed E-state index contributed by atoms with van der Waals surface area (Å²) in [6.45, 7) is 6.17. The van der Waals surface area contributed by atoms with Gasteiger partial charge < -0.3 is 15.0 Å². The summed E-state index contributed by atoms with van der Waals surface area (Å²) in [5, 5.41) is 3.59. The fraction of sp³-hybridized carbons (Fsp3) is 0.417. The first-order valence-corrected chi connectivity index (χ1v) is 10.7. The molecular formula is C24H31ClN2O3. The Morgan fingerprint density at radius 1 is 1.07 bits per heavy atom. The Hall–Kier alpha value is -2.53. The lowest BCUT2D eigenvalue weighted by Gasteiger charge is -2.32. The van der Waals surface area contributed by atoms with E-state index in [1.165, 1.54) is 0 Å². The zero-order valence-electron chi connectivity index (χ0n) is 18.2. The van der Waals surface area contributed by atoms with E-state index in [-0.39, 0.29) is 30.8 Å². The first-order valence-electron chi connectivity index (χ1n) is 10.4. The summed E-state index contributed by atoms with van der Waals surface area (Å²) >= 11 is 6.35. The van der Waals surface area contributed by atoms with Gasteiger partial charge in [0.1, 0.15) is 11.8 Å². The number of carbonyl (C=O) groups excluding carboxylic acids is 2. The molecule has 0 saturated heterocycles. The van der Waals surface area contributed by atoms with Crippen LogP contribution in [0.2, 0.25) is 5.02 Å². The van der Waals surface area contributed by atoms with Gasteiger partial charge in [0.25, 0.3) is 0 Å². The molecule has 162 valence electrons. The van der Waals surface area contributed by atoms with Crippen LogP contribution in [0, 0.1) is 0 Å². The molecule has 2 rings (SSSR count). The number of carbonyl (C=O) groups is 2. The lowest BCUT2D eigenvalue weighted by atomic mass is 10.1. The van der Waals surface area contributed by atoms with E-state index in [1.54, 1.807) is 18.1 Å². The Bertz CT molecular complexity index is 839. The lowest BCUT2D eigenvalue weighted by Crippen LogP contribution is -2.51. The van der Waals surface area contributed by atoms with Crippen LogP contribution in [0.5, 0.6) is 5.75 Å². The molecule has 0 fully saturated rings. The molecule has 0 bridgehead atoms. The third-order valence-corrected chi connectivity index (χ3v) is 5.57. The van der Waals surface area contributed by atoms with Crippen LogP contribution in [-0.2, 0) is 22.6 Å². The molecule has 0 aliphatic rings. The van der Waals surface area contributed by atoms with Crippen LogP contribution in [0.4, 0.5) is 0 Å². The Balaban J connectivity index is 2.29. The number of halogens is 1. The summed E-state index contributed by atoms with van der Waals surface area (Å²) in [7, 11) is 1.60. The van der Waals surface area contributed by atoms with Crippen molar-refractivity contribution >= 4 is 23.4 Å². The van der Waals surface area contributed by atoms with Crippen molar-refractivity contribution < 1.29 is 14.3 Å². The highest BCUT2D eigenvalue weighted by atomic mass is 35.5. The molecule has 2 aromatic rings. The van der Waals surface area contributed by atoms with Crippen molar-refractivity contribution in [2.24, 2.45) is 0 Å². The van der Waals surface area contributed by atoms with Crippen molar-refractivity contribution in [2.45, 2.75) is 58.7 Å². The van der Waals surface area contributed by atoms with Crippen LogP contribution in [0.15, 0.2) is 48.5 Å². The molecule has 0 heterocycles. The summed E-state index contributed by atoms with van der Waals surface area (Å²) in [6.07, 6.45) is 1.54. The van der Waals surface area contributed by atoms with Crippen LogP contribution in [0.1, 0.15) is 44.7 Å². The third kappa shape index (κ3) is 6.49. The molecule has 0 aromatic heterocycles. The van der Waals surface area contributed by atoms with Gasteiger partial charge in [0.2, 0.25) is 11.8 Å². The number of nitrogens with zero attached hydrogens (tertiary/aromatic N) is 1. The Kier molecular flexibility index (Phi) is 9.18. The summed E-state index contributed by atoms with van der Waals surface area (Å²) < 4.78 is 5.19. The van der Waals surface area contributed by atoms with Gasteiger partial charge in [-0.3, -0.25) is 9.59 Å². The minimum absolute atomic E-state index is 0.0467.